The Morgan fingerprint density at radius 2 is 1.58 bits per heavy atom. The van der Waals surface area contributed by atoms with Gasteiger partial charge in [-0.2, -0.15) is 0 Å². The fourth-order valence-electron chi connectivity index (χ4n) is 1.99. The third-order valence-corrected chi connectivity index (χ3v) is 3.27. The normalized spacial score (nSPS) is 14.3. The van der Waals surface area contributed by atoms with Crippen molar-refractivity contribution in [2.45, 2.75) is 93.1 Å². The second-order valence-electron chi connectivity index (χ2n) is 7.92. The van der Waals surface area contributed by atoms with Gasteiger partial charge in [-0.25, -0.2) is 0 Å². The molecule has 0 aromatic rings. The standard InChI is InChI=1S/C17H34O2/c1-8-9-10-11-12-15(18)19-14(17(5,6)7)13-16(2,3)4/h14H,8-13H2,1-7H3. The average Bonchev–Trinajstić information content (AvgIpc) is 2.20. The lowest BCUT2D eigenvalue weighted by atomic mass is 9.78. The van der Waals surface area contributed by atoms with Gasteiger partial charge in [-0.15, -0.1) is 0 Å². The van der Waals surface area contributed by atoms with E-state index in [4.69, 9.17) is 4.74 Å². The van der Waals surface area contributed by atoms with Gasteiger partial charge in [0.2, 0.25) is 0 Å². The van der Waals surface area contributed by atoms with E-state index in [1.54, 1.807) is 0 Å². The molecule has 0 aliphatic rings. The molecule has 0 aliphatic heterocycles. The van der Waals surface area contributed by atoms with E-state index in [0.29, 0.717) is 6.42 Å². The van der Waals surface area contributed by atoms with Crippen LogP contribution in [0.2, 0.25) is 0 Å². The third-order valence-electron chi connectivity index (χ3n) is 3.27. The first-order chi connectivity index (χ1) is 8.56. The van der Waals surface area contributed by atoms with Crippen LogP contribution in [0.25, 0.3) is 0 Å². The van der Waals surface area contributed by atoms with Gasteiger partial charge in [-0.3, -0.25) is 4.79 Å². The van der Waals surface area contributed by atoms with Gasteiger partial charge in [-0.1, -0.05) is 67.7 Å². The molecule has 0 radical (unpaired) electrons. The maximum Gasteiger partial charge on any atom is 0.306 e. The molecule has 0 fully saturated rings. The second kappa shape index (κ2) is 7.91. The molecule has 0 heterocycles. The summed E-state index contributed by atoms with van der Waals surface area (Å²) in [5, 5.41) is 0. The lowest BCUT2D eigenvalue weighted by Gasteiger charge is -2.35. The quantitative estimate of drug-likeness (QED) is 0.460. The number of carbonyl (C=O) groups is 1. The summed E-state index contributed by atoms with van der Waals surface area (Å²) in [4.78, 5) is 11.9. The van der Waals surface area contributed by atoms with Crippen LogP contribution < -0.4 is 0 Å². The van der Waals surface area contributed by atoms with Crippen molar-refractivity contribution >= 4 is 5.97 Å². The van der Waals surface area contributed by atoms with E-state index in [1.165, 1.54) is 12.8 Å². The predicted octanol–water partition coefficient (Wildman–Crippen LogP) is 5.35. The van der Waals surface area contributed by atoms with Crippen molar-refractivity contribution in [1.29, 1.82) is 0 Å². The Bertz CT molecular complexity index is 255. The van der Waals surface area contributed by atoms with Crippen molar-refractivity contribution in [3.8, 4) is 0 Å². The minimum Gasteiger partial charge on any atom is -0.462 e. The van der Waals surface area contributed by atoms with E-state index in [0.717, 1.165) is 19.3 Å². The van der Waals surface area contributed by atoms with Crippen LogP contribution in [0, 0.1) is 10.8 Å². The summed E-state index contributed by atoms with van der Waals surface area (Å²) in [7, 11) is 0. The first-order valence-electron chi connectivity index (χ1n) is 7.76. The molecule has 2 nitrogen and oxygen atoms in total. The van der Waals surface area contributed by atoms with E-state index in [2.05, 4.69) is 48.5 Å². The van der Waals surface area contributed by atoms with Gasteiger partial charge < -0.3 is 4.74 Å². The Hall–Kier alpha value is -0.530. The van der Waals surface area contributed by atoms with Crippen LogP contribution in [0.3, 0.4) is 0 Å². The van der Waals surface area contributed by atoms with Crippen molar-refractivity contribution in [1.82, 2.24) is 0 Å². The molecule has 0 rings (SSSR count). The Morgan fingerprint density at radius 1 is 1.00 bits per heavy atom. The highest BCUT2D eigenvalue weighted by atomic mass is 16.5. The molecule has 0 aromatic carbocycles. The van der Waals surface area contributed by atoms with E-state index in [-0.39, 0.29) is 22.9 Å². The van der Waals surface area contributed by atoms with E-state index < -0.39 is 0 Å². The molecule has 0 bridgehead atoms. The molecule has 114 valence electrons. The lowest BCUT2D eigenvalue weighted by molar-refractivity contribution is -0.157. The van der Waals surface area contributed by atoms with Gasteiger partial charge in [-0.05, 0) is 23.7 Å². The summed E-state index contributed by atoms with van der Waals surface area (Å²) in [6.45, 7) is 15.2. The molecule has 1 unspecified atom stereocenters. The van der Waals surface area contributed by atoms with Gasteiger partial charge in [0.1, 0.15) is 6.10 Å². The smallest absolute Gasteiger partial charge is 0.306 e. The summed E-state index contributed by atoms with van der Waals surface area (Å²) in [5.74, 6) is -0.0275. The molecule has 0 spiro atoms. The summed E-state index contributed by atoms with van der Waals surface area (Å²) < 4.78 is 5.73. The van der Waals surface area contributed by atoms with E-state index in [1.807, 2.05) is 0 Å². The van der Waals surface area contributed by atoms with Gasteiger partial charge in [0.05, 0.1) is 0 Å². The Morgan fingerprint density at radius 3 is 2.00 bits per heavy atom. The first-order valence-corrected chi connectivity index (χ1v) is 7.76. The van der Waals surface area contributed by atoms with Crippen LogP contribution in [-0.2, 0) is 9.53 Å². The van der Waals surface area contributed by atoms with Gasteiger partial charge >= 0.3 is 5.97 Å². The maximum absolute atomic E-state index is 11.9. The Labute approximate surface area is 120 Å². The highest BCUT2D eigenvalue weighted by Crippen LogP contribution is 2.33. The zero-order chi connectivity index (χ0) is 15.1. The van der Waals surface area contributed by atoms with Crippen molar-refractivity contribution < 1.29 is 9.53 Å². The van der Waals surface area contributed by atoms with E-state index in [9.17, 15) is 4.79 Å². The van der Waals surface area contributed by atoms with Crippen LogP contribution in [0.4, 0.5) is 0 Å². The zero-order valence-electron chi connectivity index (χ0n) is 14.1. The minimum atomic E-state index is -0.0275. The number of unbranched alkanes of at least 4 members (excludes halogenated alkanes) is 3. The van der Waals surface area contributed by atoms with Crippen molar-refractivity contribution in [3.05, 3.63) is 0 Å². The fourth-order valence-corrected chi connectivity index (χ4v) is 1.99. The molecule has 0 amide bonds. The van der Waals surface area contributed by atoms with Crippen LogP contribution in [-0.4, -0.2) is 12.1 Å². The summed E-state index contributed by atoms with van der Waals surface area (Å²) >= 11 is 0. The number of esters is 1. The predicted molar refractivity (Wildman–Crippen MR) is 82.2 cm³/mol. The molecular weight excluding hydrogens is 236 g/mol. The first kappa shape index (κ1) is 18.5. The summed E-state index contributed by atoms with van der Waals surface area (Å²) in [5.41, 5.74) is 0.187. The van der Waals surface area contributed by atoms with Crippen molar-refractivity contribution in [3.63, 3.8) is 0 Å². The summed E-state index contributed by atoms with van der Waals surface area (Å²) in [6, 6.07) is 0. The highest BCUT2D eigenvalue weighted by Gasteiger charge is 2.31. The fraction of sp³-hybridized carbons (Fsp3) is 0.941. The number of ether oxygens (including phenoxy) is 1. The summed E-state index contributed by atoms with van der Waals surface area (Å²) in [6.07, 6.45) is 5.98. The second-order valence-corrected chi connectivity index (χ2v) is 7.92. The largest absolute Gasteiger partial charge is 0.462 e. The molecule has 0 N–H and O–H groups in total. The molecule has 19 heavy (non-hydrogen) atoms. The third kappa shape index (κ3) is 9.98. The average molecular weight is 270 g/mol. The number of hydrogen-bond donors (Lipinski definition) is 0. The number of carbonyl (C=O) groups excluding carboxylic acids is 1. The maximum atomic E-state index is 11.9. The van der Waals surface area contributed by atoms with Crippen LogP contribution in [0.1, 0.15) is 87.0 Å². The van der Waals surface area contributed by atoms with Gasteiger partial charge in [0, 0.05) is 6.42 Å². The number of hydrogen-bond acceptors (Lipinski definition) is 2. The Kier molecular flexibility index (Phi) is 7.69. The molecule has 0 aliphatic carbocycles. The van der Waals surface area contributed by atoms with Gasteiger partial charge in [0.15, 0.2) is 0 Å². The van der Waals surface area contributed by atoms with E-state index >= 15 is 0 Å². The molecule has 1 atom stereocenters. The lowest BCUT2D eigenvalue weighted by Crippen LogP contribution is -2.35. The van der Waals surface area contributed by atoms with Crippen LogP contribution in [0.15, 0.2) is 0 Å². The molecule has 0 aromatic heterocycles. The topological polar surface area (TPSA) is 26.3 Å². The number of rotatable bonds is 7. The Balaban J connectivity index is 4.29. The van der Waals surface area contributed by atoms with Gasteiger partial charge in [0.25, 0.3) is 0 Å². The van der Waals surface area contributed by atoms with Crippen molar-refractivity contribution in [2.75, 3.05) is 0 Å². The van der Waals surface area contributed by atoms with Crippen molar-refractivity contribution in [2.24, 2.45) is 10.8 Å². The van der Waals surface area contributed by atoms with Crippen LogP contribution >= 0.6 is 0 Å². The minimum absolute atomic E-state index is 0.00572. The monoisotopic (exact) mass is 270 g/mol. The molecule has 0 saturated heterocycles. The molecular formula is C17H34O2. The highest BCUT2D eigenvalue weighted by molar-refractivity contribution is 5.69. The zero-order valence-corrected chi connectivity index (χ0v) is 14.1. The SMILES string of the molecule is CCCCCCC(=O)OC(CC(C)(C)C)C(C)(C)C. The van der Waals surface area contributed by atoms with Crippen LogP contribution in [0.5, 0.6) is 0 Å². The molecule has 2 heteroatoms. The molecule has 0 saturated carbocycles.